The molecule has 27 heavy (non-hydrogen) atoms. The Kier molecular flexibility index (Phi) is 7.24. The van der Waals surface area contributed by atoms with Crippen LogP contribution >= 0.6 is 0 Å². The Balaban J connectivity index is 2.02. The molecule has 0 unspecified atom stereocenters. The van der Waals surface area contributed by atoms with Crippen LogP contribution in [-0.4, -0.2) is 33.5 Å². The van der Waals surface area contributed by atoms with Crippen LogP contribution in [0.5, 0.6) is 0 Å². The van der Waals surface area contributed by atoms with E-state index in [1.165, 1.54) is 0 Å². The van der Waals surface area contributed by atoms with Crippen molar-refractivity contribution in [3.05, 3.63) is 47.8 Å². The Morgan fingerprint density at radius 3 is 2.48 bits per heavy atom. The van der Waals surface area contributed by atoms with Crippen molar-refractivity contribution in [2.45, 2.75) is 26.9 Å². The van der Waals surface area contributed by atoms with Gasteiger partial charge in [0.1, 0.15) is 0 Å². The molecular formula is C18H21N5O4. The summed E-state index contributed by atoms with van der Waals surface area (Å²) in [7, 11) is 0. The lowest BCUT2D eigenvalue weighted by Gasteiger charge is -2.10. The molecule has 3 N–H and O–H groups in total. The molecule has 1 aromatic heterocycles. The molecule has 2 aromatic rings. The molecule has 0 fully saturated rings. The summed E-state index contributed by atoms with van der Waals surface area (Å²) in [5.41, 5.74) is 7.65. The monoisotopic (exact) mass is 371 g/mol. The average Bonchev–Trinajstić information content (AvgIpc) is 2.65. The number of ether oxygens (including phenoxy) is 2. The lowest BCUT2D eigenvalue weighted by atomic mass is 10.1. The first kappa shape index (κ1) is 19.8. The third-order valence-corrected chi connectivity index (χ3v) is 3.33. The highest BCUT2D eigenvalue weighted by molar-refractivity contribution is 5.91. The van der Waals surface area contributed by atoms with Gasteiger partial charge in [-0.15, -0.1) is 0 Å². The maximum Gasteiger partial charge on any atom is 0.331 e. The lowest BCUT2D eigenvalue weighted by molar-refractivity contribution is -0.141. The van der Waals surface area contributed by atoms with Crippen molar-refractivity contribution in [3.63, 3.8) is 0 Å². The van der Waals surface area contributed by atoms with E-state index >= 15 is 0 Å². The van der Waals surface area contributed by atoms with Gasteiger partial charge in [-0.25, -0.2) is 9.59 Å². The van der Waals surface area contributed by atoms with Crippen molar-refractivity contribution in [1.82, 2.24) is 15.0 Å². The molecule has 0 radical (unpaired) electrons. The van der Waals surface area contributed by atoms with Crippen molar-refractivity contribution < 1.29 is 19.1 Å². The molecule has 0 aliphatic heterocycles. The van der Waals surface area contributed by atoms with E-state index in [0.717, 1.165) is 29.8 Å². The molecule has 0 atom stereocenters. The maximum absolute atomic E-state index is 11.6. The number of esters is 2. The highest BCUT2D eigenvalue weighted by Crippen LogP contribution is 2.19. The number of nitrogens with two attached hydrogens (primary N) is 1. The topological polar surface area (TPSA) is 129 Å². The highest BCUT2D eigenvalue weighted by Gasteiger charge is 2.09. The van der Waals surface area contributed by atoms with Gasteiger partial charge in [-0.05, 0) is 25.0 Å². The van der Waals surface area contributed by atoms with Crippen molar-refractivity contribution in [2.75, 3.05) is 17.7 Å². The van der Waals surface area contributed by atoms with Gasteiger partial charge < -0.3 is 20.5 Å². The Hall–Kier alpha value is -3.49. The van der Waals surface area contributed by atoms with Crippen molar-refractivity contribution >= 4 is 29.5 Å². The number of nitrogens with one attached hydrogen (secondary N) is 1. The van der Waals surface area contributed by atoms with Crippen LogP contribution in [0.25, 0.3) is 0 Å². The van der Waals surface area contributed by atoms with Crippen LogP contribution in [0.4, 0.5) is 17.6 Å². The molecule has 1 aromatic carbocycles. The van der Waals surface area contributed by atoms with Gasteiger partial charge in [0.05, 0.1) is 6.61 Å². The Bertz CT molecular complexity index is 838. The van der Waals surface area contributed by atoms with Crippen LogP contribution in [0.1, 0.15) is 25.2 Å². The predicted octanol–water partition coefficient (Wildman–Crippen LogP) is 1.92. The first-order chi connectivity index (χ1) is 13.0. The fourth-order valence-electron chi connectivity index (χ4n) is 2.14. The SMILES string of the molecule is CCOC(=O)/C=C/C(=O)OCc1nc(N)nc(Nc2ccccc2CC)n1. The molecule has 142 valence electrons. The van der Waals surface area contributed by atoms with Crippen molar-refractivity contribution in [1.29, 1.82) is 0 Å². The second-order valence-corrected chi connectivity index (χ2v) is 5.26. The minimum atomic E-state index is -0.729. The molecule has 0 aliphatic carbocycles. The Morgan fingerprint density at radius 1 is 1.07 bits per heavy atom. The summed E-state index contributed by atoms with van der Waals surface area (Å²) in [4.78, 5) is 35.0. The molecule has 0 bridgehead atoms. The molecule has 0 saturated carbocycles. The molecule has 0 saturated heterocycles. The fraction of sp³-hybridized carbons (Fsp3) is 0.278. The molecule has 1 heterocycles. The van der Waals surface area contributed by atoms with Crippen LogP contribution < -0.4 is 11.1 Å². The number of hydrogen-bond acceptors (Lipinski definition) is 9. The minimum absolute atomic E-state index is 0.00501. The van der Waals surface area contributed by atoms with E-state index in [1.54, 1.807) is 6.92 Å². The quantitative estimate of drug-likeness (QED) is 0.528. The zero-order valence-electron chi connectivity index (χ0n) is 15.1. The van der Waals surface area contributed by atoms with Gasteiger partial charge in [0.15, 0.2) is 12.4 Å². The van der Waals surface area contributed by atoms with Crippen molar-refractivity contribution in [2.24, 2.45) is 0 Å². The molecule has 9 heteroatoms. The van der Waals surface area contributed by atoms with Gasteiger partial charge in [0, 0.05) is 17.8 Å². The second kappa shape index (κ2) is 9.85. The Labute approximate surface area is 156 Å². The predicted molar refractivity (Wildman–Crippen MR) is 98.9 cm³/mol. The zero-order valence-corrected chi connectivity index (χ0v) is 15.1. The number of carbonyl (C=O) groups excluding carboxylic acids is 2. The number of hydrogen-bond donors (Lipinski definition) is 2. The summed E-state index contributed by atoms with van der Waals surface area (Å²) in [5, 5.41) is 3.09. The summed E-state index contributed by atoms with van der Waals surface area (Å²) < 4.78 is 9.66. The van der Waals surface area contributed by atoms with Crippen molar-refractivity contribution in [3.8, 4) is 0 Å². The standard InChI is InChI=1S/C18H21N5O4/c1-3-12-7-5-6-8-13(12)20-18-22-14(21-17(19)23-18)11-27-16(25)10-9-15(24)26-4-2/h5-10H,3-4,11H2,1-2H3,(H3,19,20,21,22,23)/b10-9+. The van der Waals surface area contributed by atoms with E-state index in [9.17, 15) is 9.59 Å². The first-order valence-electron chi connectivity index (χ1n) is 8.38. The number of anilines is 3. The summed E-state index contributed by atoms with van der Waals surface area (Å²) in [6.07, 6.45) is 2.79. The zero-order chi connectivity index (χ0) is 19.6. The smallest absolute Gasteiger partial charge is 0.331 e. The van der Waals surface area contributed by atoms with E-state index in [1.807, 2.05) is 31.2 Å². The molecule has 2 rings (SSSR count). The fourth-order valence-corrected chi connectivity index (χ4v) is 2.14. The largest absolute Gasteiger partial charge is 0.463 e. The normalized spacial score (nSPS) is 10.6. The summed E-state index contributed by atoms with van der Waals surface area (Å²) in [5.74, 6) is -0.934. The van der Waals surface area contributed by atoms with Crippen LogP contribution in [0.2, 0.25) is 0 Å². The van der Waals surface area contributed by atoms with E-state index in [-0.39, 0.29) is 30.9 Å². The number of benzene rings is 1. The molecule has 0 aliphatic rings. The molecule has 0 amide bonds. The number of para-hydroxylation sites is 1. The number of nitrogens with zero attached hydrogens (tertiary/aromatic N) is 3. The van der Waals surface area contributed by atoms with Gasteiger partial charge in [-0.1, -0.05) is 25.1 Å². The number of nitrogen functional groups attached to an aromatic ring is 1. The van der Waals surface area contributed by atoms with Gasteiger partial charge >= 0.3 is 11.9 Å². The number of rotatable bonds is 8. The third-order valence-electron chi connectivity index (χ3n) is 3.33. The number of carbonyl (C=O) groups is 2. The molecular weight excluding hydrogens is 350 g/mol. The molecule has 0 spiro atoms. The van der Waals surface area contributed by atoms with E-state index in [2.05, 4.69) is 25.0 Å². The molecule has 9 nitrogen and oxygen atoms in total. The van der Waals surface area contributed by atoms with E-state index < -0.39 is 11.9 Å². The number of aryl methyl sites for hydroxylation is 1. The average molecular weight is 371 g/mol. The Morgan fingerprint density at radius 2 is 1.78 bits per heavy atom. The van der Waals surface area contributed by atoms with Gasteiger partial charge in [-0.3, -0.25) is 0 Å². The first-order valence-corrected chi connectivity index (χ1v) is 8.38. The van der Waals surface area contributed by atoms with E-state index in [0.29, 0.717) is 0 Å². The summed E-state index contributed by atoms with van der Waals surface area (Å²) in [6, 6.07) is 7.73. The van der Waals surface area contributed by atoms with Crippen LogP contribution in [0.15, 0.2) is 36.4 Å². The van der Waals surface area contributed by atoms with Crippen LogP contribution in [0, 0.1) is 0 Å². The second-order valence-electron chi connectivity index (χ2n) is 5.26. The minimum Gasteiger partial charge on any atom is -0.463 e. The van der Waals surface area contributed by atoms with Crippen LogP contribution in [-0.2, 0) is 32.1 Å². The van der Waals surface area contributed by atoms with Gasteiger partial charge in [0.25, 0.3) is 0 Å². The van der Waals surface area contributed by atoms with Gasteiger partial charge in [-0.2, -0.15) is 15.0 Å². The summed E-state index contributed by atoms with van der Waals surface area (Å²) in [6.45, 7) is 3.71. The van der Waals surface area contributed by atoms with Crippen LogP contribution in [0.3, 0.4) is 0 Å². The summed E-state index contributed by atoms with van der Waals surface area (Å²) >= 11 is 0. The van der Waals surface area contributed by atoms with E-state index in [4.69, 9.17) is 10.5 Å². The lowest BCUT2D eigenvalue weighted by Crippen LogP contribution is -2.10. The third kappa shape index (κ3) is 6.38. The number of aromatic nitrogens is 3. The van der Waals surface area contributed by atoms with Gasteiger partial charge in [0.2, 0.25) is 11.9 Å². The highest BCUT2D eigenvalue weighted by atomic mass is 16.5. The maximum atomic E-state index is 11.6.